The minimum absolute atomic E-state index is 0.0620. The number of rotatable bonds is 7. The molecule has 0 aliphatic carbocycles. The van der Waals surface area contributed by atoms with Crippen LogP contribution in [0.1, 0.15) is 25.3 Å². The van der Waals surface area contributed by atoms with Crippen LogP contribution in [-0.4, -0.2) is 28.9 Å². The van der Waals surface area contributed by atoms with Crippen molar-refractivity contribution in [1.29, 1.82) is 0 Å². The van der Waals surface area contributed by atoms with E-state index in [0.29, 0.717) is 17.1 Å². The quantitative estimate of drug-likeness (QED) is 0.532. The lowest BCUT2D eigenvalue weighted by molar-refractivity contribution is -0.384. The Morgan fingerprint density at radius 1 is 1.21 bits per heavy atom. The van der Waals surface area contributed by atoms with Gasteiger partial charge >= 0.3 is 12.1 Å². The highest BCUT2D eigenvalue weighted by molar-refractivity contribution is 5.75. The Kier molecular flexibility index (Phi) is 5.53. The number of nitrogens with zero attached hydrogens (tertiary/aromatic N) is 1. The average molecular weight is 402 g/mol. The van der Waals surface area contributed by atoms with Gasteiger partial charge in [0.05, 0.1) is 16.9 Å². The molecule has 0 saturated heterocycles. The van der Waals surface area contributed by atoms with Gasteiger partial charge in [-0.05, 0) is 36.2 Å². The first kappa shape index (κ1) is 19.9. The molecule has 0 bridgehead atoms. The summed E-state index contributed by atoms with van der Waals surface area (Å²) in [6.07, 6.45) is -1.02. The smallest absolute Gasteiger partial charge is 0.413 e. The van der Waals surface area contributed by atoms with Crippen LogP contribution >= 0.6 is 0 Å². The summed E-state index contributed by atoms with van der Waals surface area (Å²) >= 11 is 0. The van der Waals surface area contributed by atoms with E-state index >= 15 is 0 Å². The fraction of sp³-hybridized carbons (Fsp3) is 0.263. The van der Waals surface area contributed by atoms with Crippen molar-refractivity contribution in [2.24, 2.45) is 0 Å². The molecule has 152 valence electrons. The Balaban J connectivity index is 1.83. The zero-order valence-corrected chi connectivity index (χ0v) is 15.4. The minimum Gasteiger partial charge on any atom is -0.481 e. The van der Waals surface area contributed by atoms with Crippen LogP contribution in [0.4, 0.5) is 10.5 Å². The number of hydrogen-bond donors (Lipinski definition) is 2. The molecule has 10 nitrogen and oxygen atoms in total. The Bertz CT molecular complexity index is 944. The highest BCUT2D eigenvalue weighted by Gasteiger charge is 2.37. The highest BCUT2D eigenvalue weighted by Crippen LogP contribution is 2.38. The molecule has 0 unspecified atom stereocenters. The monoisotopic (exact) mass is 402 g/mol. The van der Waals surface area contributed by atoms with Gasteiger partial charge in [-0.3, -0.25) is 14.9 Å². The van der Waals surface area contributed by atoms with Crippen molar-refractivity contribution < 1.29 is 33.8 Å². The molecule has 2 aromatic rings. The second-order valence-electron chi connectivity index (χ2n) is 6.34. The molecule has 0 spiro atoms. The Labute approximate surface area is 165 Å². The number of nitro benzene ring substituents is 1. The zero-order chi connectivity index (χ0) is 21.0. The number of nitrogens with one attached hydrogen (secondary N) is 1. The van der Waals surface area contributed by atoms with Crippen molar-refractivity contribution in [3.8, 4) is 17.2 Å². The number of fused-ring (bicyclic) bond motifs is 1. The van der Waals surface area contributed by atoms with Crippen LogP contribution in [-0.2, 0) is 10.3 Å². The van der Waals surface area contributed by atoms with Gasteiger partial charge < -0.3 is 24.6 Å². The Morgan fingerprint density at radius 3 is 2.52 bits per heavy atom. The van der Waals surface area contributed by atoms with Crippen LogP contribution < -0.4 is 19.5 Å². The van der Waals surface area contributed by atoms with E-state index in [1.165, 1.54) is 24.3 Å². The molecule has 0 aromatic heterocycles. The summed E-state index contributed by atoms with van der Waals surface area (Å²) in [6, 6.07) is 9.89. The summed E-state index contributed by atoms with van der Waals surface area (Å²) in [5, 5.41) is 22.8. The molecule has 29 heavy (non-hydrogen) atoms. The fourth-order valence-corrected chi connectivity index (χ4v) is 3.05. The van der Waals surface area contributed by atoms with Crippen LogP contribution in [0, 0.1) is 10.1 Å². The molecule has 10 heteroatoms. The Morgan fingerprint density at radius 2 is 1.90 bits per heavy atom. The zero-order valence-electron chi connectivity index (χ0n) is 15.4. The van der Waals surface area contributed by atoms with Crippen molar-refractivity contribution >= 4 is 17.7 Å². The Hall–Kier alpha value is -3.82. The third-order valence-corrected chi connectivity index (χ3v) is 4.58. The lowest BCUT2D eigenvalue weighted by Gasteiger charge is -2.32. The molecule has 2 N–H and O–H groups in total. The lowest BCUT2D eigenvalue weighted by atomic mass is 9.84. The van der Waals surface area contributed by atoms with Crippen LogP contribution in [0.15, 0.2) is 42.5 Å². The summed E-state index contributed by atoms with van der Waals surface area (Å²) in [6.45, 7) is 1.80. The van der Waals surface area contributed by atoms with Crippen molar-refractivity contribution in [2.75, 3.05) is 6.79 Å². The number of amides is 1. The number of carboxylic acid groups (broad SMARTS) is 1. The van der Waals surface area contributed by atoms with Gasteiger partial charge in [0.15, 0.2) is 11.5 Å². The molecule has 1 aliphatic heterocycles. The predicted octanol–water partition coefficient (Wildman–Crippen LogP) is 3.19. The number of carbonyl (C=O) groups excluding carboxylic acids is 1. The molecule has 0 saturated carbocycles. The van der Waals surface area contributed by atoms with E-state index in [2.05, 4.69) is 5.32 Å². The van der Waals surface area contributed by atoms with Crippen LogP contribution in [0.3, 0.4) is 0 Å². The van der Waals surface area contributed by atoms with Crippen molar-refractivity contribution in [1.82, 2.24) is 5.32 Å². The SMILES string of the molecule is CC[C@](CC(=O)O)(NC(=O)Oc1ccc([N+](=O)[O-])cc1)c1ccc2c(c1)OCO2. The highest BCUT2D eigenvalue weighted by atomic mass is 16.7. The summed E-state index contributed by atoms with van der Waals surface area (Å²) in [7, 11) is 0. The summed E-state index contributed by atoms with van der Waals surface area (Å²) in [4.78, 5) is 34.1. The van der Waals surface area contributed by atoms with E-state index in [-0.39, 0.29) is 24.7 Å². The van der Waals surface area contributed by atoms with Crippen molar-refractivity contribution in [3.63, 3.8) is 0 Å². The maximum Gasteiger partial charge on any atom is 0.413 e. The van der Waals surface area contributed by atoms with Gasteiger partial charge in [-0.1, -0.05) is 13.0 Å². The van der Waals surface area contributed by atoms with Gasteiger partial charge in [-0.2, -0.15) is 0 Å². The minimum atomic E-state index is -1.26. The summed E-state index contributed by atoms with van der Waals surface area (Å²) in [5.41, 5.74) is -0.885. The normalized spacial score (nSPS) is 14.0. The maximum atomic E-state index is 12.5. The van der Waals surface area contributed by atoms with Gasteiger partial charge in [-0.25, -0.2) is 4.79 Å². The number of benzene rings is 2. The molecule has 1 heterocycles. The van der Waals surface area contributed by atoms with Gasteiger partial charge in [0.25, 0.3) is 5.69 Å². The van der Waals surface area contributed by atoms with E-state index in [1.54, 1.807) is 25.1 Å². The largest absolute Gasteiger partial charge is 0.481 e. The molecule has 2 aromatic carbocycles. The third-order valence-electron chi connectivity index (χ3n) is 4.58. The van der Waals surface area contributed by atoms with E-state index in [9.17, 15) is 24.8 Å². The number of carbonyl (C=O) groups is 2. The second kappa shape index (κ2) is 8.05. The van der Waals surface area contributed by atoms with Gasteiger partial charge in [-0.15, -0.1) is 0 Å². The van der Waals surface area contributed by atoms with Gasteiger partial charge in [0, 0.05) is 12.1 Å². The average Bonchev–Trinajstić information content (AvgIpc) is 3.15. The van der Waals surface area contributed by atoms with Crippen LogP contribution in [0.2, 0.25) is 0 Å². The molecule has 0 radical (unpaired) electrons. The third kappa shape index (κ3) is 4.37. The van der Waals surface area contributed by atoms with Crippen LogP contribution in [0.25, 0.3) is 0 Å². The van der Waals surface area contributed by atoms with E-state index in [0.717, 1.165) is 0 Å². The first-order chi connectivity index (χ1) is 13.8. The topological polar surface area (TPSA) is 137 Å². The fourth-order valence-electron chi connectivity index (χ4n) is 3.05. The van der Waals surface area contributed by atoms with Crippen molar-refractivity contribution in [3.05, 3.63) is 58.1 Å². The molecular weight excluding hydrogens is 384 g/mol. The van der Waals surface area contributed by atoms with E-state index < -0.39 is 28.9 Å². The van der Waals surface area contributed by atoms with E-state index in [1.807, 2.05) is 0 Å². The maximum absolute atomic E-state index is 12.5. The number of hydrogen-bond acceptors (Lipinski definition) is 7. The molecule has 1 amide bonds. The van der Waals surface area contributed by atoms with Gasteiger partial charge in [0.2, 0.25) is 6.79 Å². The molecule has 1 atom stereocenters. The number of carboxylic acids is 1. The van der Waals surface area contributed by atoms with Crippen molar-refractivity contribution in [2.45, 2.75) is 25.3 Å². The first-order valence-electron chi connectivity index (χ1n) is 8.69. The molecule has 0 fully saturated rings. The molecular formula is C19H18N2O8. The first-order valence-corrected chi connectivity index (χ1v) is 8.69. The van der Waals surface area contributed by atoms with Crippen LogP contribution in [0.5, 0.6) is 17.2 Å². The molecule has 3 rings (SSSR count). The number of nitro groups is 1. The van der Waals surface area contributed by atoms with Gasteiger partial charge in [0.1, 0.15) is 5.75 Å². The summed E-state index contributed by atoms with van der Waals surface area (Å²) in [5.74, 6) is -0.0435. The second-order valence-corrected chi connectivity index (χ2v) is 6.34. The molecule has 1 aliphatic rings. The van der Waals surface area contributed by atoms with E-state index in [4.69, 9.17) is 14.2 Å². The number of aliphatic carboxylic acids is 1. The number of non-ortho nitro benzene ring substituents is 1. The number of ether oxygens (including phenoxy) is 3. The lowest BCUT2D eigenvalue weighted by Crippen LogP contribution is -2.48. The standard InChI is InChI=1S/C19H18N2O8/c1-2-19(10-17(22)23,12-3-8-15-16(9-12)28-11-27-15)20-18(24)29-14-6-4-13(5-7-14)21(25)26/h3-9H,2,10-11H2,1H3,(H,20,24)(H,22,23)/t19-/m1/s1. The summed E-state index contributed by atoms with van der Waals surface area (Å²) < 4.78 is 15.8. The predicted molar refractivity (Wildman–Crippen MR) is 99.0 cm³/mol.